The molecule has 0 aliphatic carbocycles. The predicted molar refractivity (Wildman–Crippen MR) is 71.7 cm³/mol. The molecule has 0 bridgehead atoms. The summed E-state index contributed by atoms with van der Waals surface area (Å²) in [4.78, 5) is 13.7. The van der Waals surface area contributed by atoms with Gasteiger partial charge in [-0.05, 0) is 37.4 Å². The minimum Gasteiger partial charge on any atom is -0.338 e. The Hall–Kier alpha value is -1.01. The summed E-state index contributed by atoms with van der Waals surface area (Å²) >= 11 is 2.99. The molecule has 1 aromatic carbocycles. The summed E-state index contributed by atoms with van der Waals surface area (Å²) in [5, 5.41) is 0. The standard InChI is InChI=1S/C13H15BrF2N2O/c14-9-4-10(15)12(11(16)5-9)13(19)18-3-1-2-8(6-17)7-18/h4-5,8H,1-3,6-7,17H2. The van der Waals surface area contributed by atoms with E-state index in [1.54, 1.807) is 0 Å². The molecule has 1 fully saturated rings. The monoisotopic (exact) mass is 332 g/mol. The first kappa shape index (κ1) is 14.4. The number of carbonyl (C=O) groups excluding carboxylic acids is 1. The van der Waals surface area contributed by atoms with E-state index in [4.69, 9.17) is 5.73 Å². The average Bonchev–Trinajstić information content (AvgIpc) is 2.37. The zero-order valence-corrected chi connectivity index (χ0v) is 11.9. The fourth-order valence-electron chi connectivity index (χ4n) is 2.35. The van der Waals surface area contributed by atoms with Gasteiger partial charge in [0.25, 0.3) is 5.91 Å². The topological polar surface area (TPSA) is 46.3 Å². The molecular weight excluding hydrogens is 318 g/mol. The maximum absolute atomic E-state index is 13.8. The van der Waals surface area contributed by atoms with Crippen LogP contribution in [0.2, 0.25) is 0 Å². The van der Waals surface area contributed by atoms with E-state index in [0.717, 1.165) is 25.0 Å². The molecular formula is C13H15BrF2N2O. The van der Waals surface area contributed by atoms with Crippen LogP contribution >= 0.6 is 15.9 Å². The van der Waals surface area contributed by atoms with Gasteiger partial charge in [0.1, 0.15) is 17.2 Å². The molecule has 104 valence electrons. The maximum atomic E-state index is 13.8. The lowest BCUT2D eigenvalue weighted by molar-refractivity contribution is 0.0668. The van der Waals surface area contributed by atoms with Crippen LogP contribution in [0.5, 0.6) is 0 Å². The third-order valence-electron chi connectivity index (χ3n) is 3.36. The van der Waals surface area contributed by atoms with Gasteiger partial charge < -0.3 is 10.6 Å². The van der Waals surface area contributed by atoms with Crippen LogP contribution in [0.1, 0.15) is 23.2 Å². The number of carbonyl (C=O) groups is 1. The Morgan fingerprint density at radius 3 is 2.63 bits per heavy atom. The first-order chi connectivity index (χ1) is 9.02. The molecule has 0 aromatic heterocycles. The van der Waals surface area contributed by atoms with Gasteiger partial charge in [-0.25, -0.2) is 8.78 Å². The van der Waals surface area contributed by atoms with Crippen molar-refractivity contribution in [1.82, 2.24) is 4.90 Å². The fraction of sp³-hybridized carbons (Fsp3) is 0.462. The first-order valence-electron chi connectivity index (χ1n) is 6.16. The molecule has 1 heterocycles. The van der Waals surface area contributed by atoms with Crippen molar-refractivity contribution in [2.45, 2.75) is 12.8 Å². The highest BCUT2D eigenvalue weighted by molar-refractivity contribution is 9.10. The molecule has 6 heteroatoms. The molecule has 3 nitrogen and oxygen atoms in total. The van der Waals surface area contributed by atoms with Crippen molar-refractivity contribution in [3.05, 3.63) is 33.8 Å². The van der Waals surface area contributed by atoms with Gasteiger partial charge in [0.15, 0.2) is 0 Å². The van der Waals surface area contributed by atoms with Crippen LogP contribution in [0.25, 0.3) is 0 Å². The van der Waals surface area contributed by atoms with Crippen molar-refractivity contribution in [2.24, 2.45) is 11.7 Å². The summed E-state index contributed by atoms with van der Waals surface area (Å²) in [6.45, 7) is 1.46. The Kier molecular flexibility index (Phi) is 4.52. The summed E-state index contributed by atoms with van der Waals surface area (Å²) in [6.07, 6.45) is 1.76. The number of hydrogen-bond donors (Lipinski definition) is 1. The van der Waals surface area contributed by atoms with Crippen LogP contribution < -0.4 is 5.73 Å². The number of benzene rings is 1. The molecule has 1 saturated heterocycles. The Morgan fingerprint density at radius 2 is 2.05 bits per heavy atom. The third kappa shape index (κ3) is 3.12. The number of amides is 1. The molecule has 1 amide bonds. The van der Waals surface area contributed by atoms with E-state index < -0.39 is 23.1 Å². The molecule has 19 heavy (non-hydrogen) atoms. The number of halogens is 3. The van der Waals surface area contributed by atoms with Gasteiger partial charge in [-0.2, -0.15) is 0 Å². The van der Waals surface area contributed by atoms with Gasteiger partial charge in [-0.1, -0.05) is 15.9 Å². The summed E-state index contributed by atoms with van der Waals surface area (Å²) in [5.41, 5.74) is 5.11. The van der Waals surface area contributed by atoms with Gasteiger partial charge >= 0.3 is 0 Å². The van der Waals surface area contributed by atoms with Crippen LogP contribution in [0.4, 0.5) is 8.78 Å². The van der Waals surface area contributed by atoms with Crippen molar-refractivity contribution in [2.75, 3.05) is 19.6 Å². The normalized spacial score (nSPS) is 19.6. The van der Waals surface area contributed by atoms with Crippen molar-refractivity contribution >= 4 is 21.8 Å². The Labute approximate surface area is 118 Å². The third-order valence-corrected chi connectivity index (χ3v) is 3.82. The quantitative estimate of drug-likeness (QED) is 0.904. The Balaban J connectivity index is 2.24. The zero-order chi connectivity index (χ0) is 14.0. The molecule has 2 rings (SSSR count). The minimum absolute atomic E-state index is 0.208. The highest BCUT2D eigenvalue weighted by atomic mass is 79.9. The largest absolute Gasteiger partial charge is 0.338 e. The van der Waals surface area contributed by atoms with Gasteiger partial charge in [0, 0.05) is 17.6 Å². The average molecular weight is 333 g/mol. The highest BCUT2D eigenvalue weighted by Gasteiger charge is 2.27. The summed E-state index contributed by atoms with van der Waals surface area (Å²) < 4.78 is 27.8. The van der Waals surface area contributed by atoms with E-state index in [2.05, 4.69) is 15.9 Å². The molecule has 1 aliphatic rings. The van der Waals surface area contributed by atoms with E-state index in [0.29, 0.717) is 19.6 Å². The molecule has 0 radical (unpaired) electrons. The van der Waals surface area contributed by atoms with Crippen LogP contribution in [-0.4, -0.2) is 30.4 Å². The van der Waals surface area contributed by atoms with Gasteiger partial charge in [-0.3, -0.25) is 4.79 Å². The first-order valence-corrected chi connectivity index (χ1v) is 6.96. The predicted octanol–water partition coefficient (Wildman–Crippen LogP) is 2.54. The molecule has 1 unspecified atom stereocenters. The number of piperidine rings is 1. The lowest BCUT2D eigenvalue weighted by Gasteiger charge is -2.32. The maximum Gasteiger partial charge on any atom is 0.259 e. The number of nitrogens with two attached hydrogens (primary N) is 1. The van der Waals surface area contributed by atoms with Crippen LogP contribution in [0.3, 0.4) is 0 Å². The molecule has 1 atom stereocenters. The van der Waals surface area contributed by atoms with Gasteiger partial charge in [0.05, 0.1) is 0 Å². The summed E-state index contributed by atoms with van der Waals surface area (Å²) in [7, 11) is 0. The lowest BCUT2D eigenvalue weighted by Crippen LogP contribution is -2.42. The van der Waals surface area contributed by atoms with Crippen LogP contribution in [0, 0.1) is 17.6 Å². The lowest BCUT2D eigenvalue weighted by atomic mass is 9.97. The van der Waals surface area contributed by atoms with E-state index in [1.807, 2.05) is 0 Å². The van der Waals surface area contributed by atoms with Crippen molar-refractivity contribution in [1.29, 1.82) is 0 Å². The minimum atomic E-state index is -0.841. The molecule has 1 aliphatic heterocycles. The van der Waals surface area contributed by atoms with Crippen LogP contribution in [-0.2, 0) is 0 Å². The summed E-state index contributed by atoms with van der Waals surface area (Å²) in [6, 6.07) is 2.20. The summed E-state index contributed by atoms with van der Waals surface area (Å²) in [5.74, 6) is -2.07. The van der Waals surface area contributed by atoms with E-state index in [9.17, 15) is 13.6 Å². The van der Waals surface area contributed by atoms with E-state index in [-0.39, 0.29) is 10.4 Å². The molecule has 2 N–H and O–H groups in total. The van der Waals surface area contributed by atoms with E-state index in [1.165, 1.54) is 4.90 Å². The zero-order valence-electron chi connectivity index (χ0n) is 10.3. The number of hydrogen-bond acceptors (Lipinski definition) is 2. The second-order valence-electron chi connectivity index (χ2n) is 4.74. The number of likely N-dealkylation sites (tertiary alicyclic amines) is 1. The SMILES string of the molecule is NCC1CCCN(C(=O)c2c(F)cc(Br)cc2F)C1. The smallest absolute Gasteiger partial charge is 0.259 e. The highest BCUT2D eigenvalue weighted by Crippen LogP contribution is 2.23. The molecule has 0 spiro atoms. The van der Waals surface area contributed by atoms with Gasteiger partial charge in [0.2, 0.25) is 0 Å². The second kappa shape index (κ2) is 5.96. The molecule has 1 aromatic rings. The number of rotatable bonds is 2. The fourth-order valence-corrected chi connectivity index (χ4v) is 2.75. The van der Waals surface area contributed by atoms with Crippen molar-refractivity contribution in [3.8, 4) is 0 Å². The number of nitrogens with zero attached hydrogens (tertiary/aromatic N) is 1. The van der Waals surface area contributed by atoms with Crippen LogP contribution in [0.15, 0.2) is 16.6 Å². The van der Waals surface area contributed by atoms with Crippen molar-refractivity contribution in [3.63, 3.8) is 0 Å². The van der Waals surface area contributed by atoms with Gasteiger partial charge in [-0.15, -0.1) is 0 Å². The van der Waals surface area contributed by atoms with E-state index >= 15 is 0 Å². The second-order valence-corrected chi connectivity index (χ2v) is 5.66. The Bertz CT molecular complexity index is 473. The molecule has 0 saturated carbocycles. The Morgan fingerprint density at radius 1 is 1.42 bits per heavy atom. The van der Waals surface area contributed by atoms with Crippen molar-refractivity contribution < 1.29 is 13.6 Å².